The zero-order chi connectivity index (χ0) is 29.9. The number of ether oxygens (including phenoxy) is 1. The van der Waals surface area contributed by atoms with Gasteiger partial charge in [-0.15, -0.1) is 0 Å². The van der Waals surface area contributed by atoms with Crippen molar-refractivity contribution in [2.45, 2.75) is 51.6 Å². The van der Waals surface area contributed by atoms with Crippen molar-refractivity contribution in [2.24, 2.45) is 0 Å². The minimum Gasteiger partial charge on any atom is -0.486 e. The van der Waals surface area contributed by atoms with Crippen LogP contribution in [0.3, 0.4) is 0 Å². The molecule has 10 heteroatoms. The SMILES string of the molecule is Cc1ncoc1COc1ccc2c(c1)CN[C@H](C(O)CNC(=O)c1ccc3c(c1)CCN(C(=O)c1ccc(Br)cc1)C3)C2. The summed E-state index contributed by atoms with van der Waals surface area (Å²) in [5, 5.41) is 17.2. The highest BCUT2D eigenvalue weighted by Gasteiger charge is 2.26. The fourth-order valence-electron chi connectivity index (χ4n) is 5.58. The van der Waals surface area contributed by atoms with Gasteiger partial charge in [-0.05, 0) is 90.6 Å². The van der Waals surface area contributed by atoms with Crippen molar-refractivity contribution in [2.75, 3.05) is 13.1 Å². The fraction of sp³-hybridized carbons (Fsp3) is 0.303. The predicted molar refractivity (Wildman–Crippen MR) is 164 cm³/mol. The summed E-state index contributed by atoms with van der Waals surface area (Å²) in [6.07, 6.45) is 1.98. The summed E-state index contributed by atoms with van der Waals surface area (Å²) in [5.74, 6) is 1.22. The number of amides is 2. The van der Waals surface area contributed by atoms with E-state index in [0.717, 1.165) is 38.2 Å². The van der Waals surface area contributed by atoms with Crippen molar-refractivity contribution >= 4 is 27.7 Å². The van der Waals surface area contributed by atoms with E-state index in [1.807, 2.05) is 66.4 Å². The Morgan fingerprint density at radius 1 is 1.09 bits per heavy atom. The van der Waals surface area contributed by atoms with E-state index in [0.29, 0.717) is 56.0 Å². The Morgan fingerprint density at radius 3 is 2.67 bits per heavy atom. The van der Waals surface area contributed by atoms with E-state index in [4.69, 9.17) is 9.15 Å². The lowest BCUT2D eigenvalue weighted by Gasteiger charge is -2.30. The van der Waals surface area contributed by atoms with Crippen LogP contribution in [0.1, 0.15) is 54.4 Å². The van der Waals surface area contributed by atoms with E-state index in [-0.39, 0.29) is 24.4 Å². The van der Waals surface area contributed by atoms with Crippen molar-refractivity contribution in [3.8, 4) is 5.75 Å². The maximum absolute atomic E-state index is 13.0. The lowest BCUT2D eigenvalue weighted by Crippen LogP contribution is -2.49. The Bertz CT molecular complexity index is 1640. The number of rotatable bonds is 8. The fourth-order valence-corrected chi connectivity index (χ4v) is 5.84. The number of hydrogen-bond donors (Lipinski definition) is 3. The van der Waals surface area contributed by atoms with Crippen LogP contribution < -0.4 is 15.4 Å². The molecule has 6 rings (SSSR count). The second kappa shape index (κ2) is 12.7. The number of aryl methyl sites for hydroxylation is 1. The molecule has 0 spiro atoms. The minimum absolute atomic E-state index is 0.000386. The first-order chi connectivity index (χ1) is 20.8. The van der Waals surface area contributed by atoms with Gasteiger partial charge in [0.1, 0.15) is 12.4 Å². The van der Waals surface area contributed by atoms with Crippen molar-refractivity contribution < 1.29 is 23.8 Å². The normalized spacial score (nSPS) is 16.6. The second-order valence-electron chi connectivity index (χ2n) is 11.0. The maximum atomic E-state index is 13.0. The molecule has 4 aromatic rings. The molecule has 222 valence electrons. The van der Waals surface area contributed by atoms with Crippen molar-refractivity contribution in [1.82, 2.24) is 20.5 Å². The smallest absolute Gasteiger partial charge is 0.254 e. The molecule has 3 aromatic carbocycles. The number of oxazole rings is 1. The quantitative estimate of drug-likeness (QED) is 0.261. The highest BCUT2D eigenvalue weighted by Crippen LogP contribution is 2.25. The largest absolute Gasteiger partial charge is 0.486 e. The molecular formula is C33H33BrN4O5. The number of carbonyl (C=O) groups excluding carboxylic acids is 2. The number of carbonyl (C=O) groups is 2. The van der Waals surface area contributed by atoms with Crippen LogP contribution in [0, 0.1) is 6.92 Å². The van der Waals surface area contributed by atoms with Gasteiger partial charge in [0.2, 0.25) is 0 Å². The first-order valence-electron chi connectivity index (χ1n) is 14.3. The van der Waals surface area contributed by atoms with E-state index in [1.165, 1.54) is 6.39 Å². The molecule has 1 aromatic heterocycles. The number of aliphatic hydroxyl groups excluding tert-OH is 1. The zero-order valence-corrected chi connectivity index (χ0v) is 25.4. The molecule has 2 aliphatic heterocycles. The van der Waals surface area contributed by atoms with Gasteiger partial charge in [0, 0.05) is 47.8 Å². The highest BCUT2D eigenvalue weighted by atomic mass is 79.9. The number of fused-ring (bicyclic) bond motifs is 2. The van der Waals surface area contributed by atoms with Gasteiger partial charge in [0.25, 0.3) is 11.8 Å². The van der Waals surface area contributed by atoms with Crippen molar-refractivity contribution in [3.05, 3.63) is 116 Å². The van der Waals surface area contributed by atoms with Gasteiger partial charge in [-0.25, -0.2) is 4.98 Å². The number of nitrogens with one attached hydrogen (secondary N) is 2. The molecule has 2 aliphatic rings. The molecule has 2 atom stereocenters. The Hall–Kier alpha value is -3.99. The molecule has 0 aliphatic carbocycles. The van der Waals surface area contributed by atoms with Crippen LogP contribution in [0.15, 0.2) is 75.9 Å². The Balaban J connectivity index is 0.999. The Morgan fingerprint density at radius 2 is 1.88 bits per heavy atom. The summed E-state index contributed by atoms with van der Waals surface area (Å²) >= 11 is 3.41. The lowest BCUT2D eigenvalue weighted by molar-refractivity contribution is 0.0734. The molecule has 3 N–H and O–H groups in total. The van der Waals surface area contributed by atoms with Crippen molar-refractivity contribution in [3.63, 3.8) is 0 Å². The molecule has 0 bridgehead atoms. The number of aromatic nitrogens is 1. The molecule has 2 amide bonds. The number of benzene rings is 3. The third-order valence-electron chi connectivity index (χ3n) is 8.18. The van der Waals surface area contributed by atoms with E-state index >= 15 is 0 Å². The Labute approximate surface area is 258 Å². The van der Waals surface area contributed by atoms with E-state index in [1.54, 1.807) is 6.07 Å². The summed E-state index contributed by atoms with van der Waals surface area (Å²) in [5.41, 5.74) is 6.38. The van der Waals surface area contributed by atoms with Crippen LogP contribution in [0.5, 0.6) is 5.75 Å². The van der Waals surface area contributed by atoms with Crippen LogP contribution in [0.4, 0.5) is 0 Å². The van der Waals surface area contributed by atoms with Crippen molar-refractivity contribution in [1.29, 1.82) is 0 Å². The summed E-state index contributed by atoms with van der Waals surface area (Å²) in [7, 11) is 0. The number of aliphatic hydroxyl groups is 1. The average Bonchev–Trinajstić information content (AvgIpc) is 3.45. The topological polar surface area (TPSA) is 117 Å². The van der Waals surface area contributed by atoms with Gasteiger partial charge < -0.3 is 29.8 Å². The molecular weight excluding hydrogens is 612 g/mol. The predicted octanol–water partition coefficient (Wildman–Crippen LogP) is 4.33. The Kier molecular flexibility index (Phi) is 8.60. The van der Waals surface area contributed by atoms with Gasteiger partial charge >= 0.3 is 0 Å². The van der Waals surface area contributed by atoms with E-state index < -0.39 is 6.10 Å². The van der Waals surface area contributed by atoms with Gasteiger partial charge in [-0.3, -0.25) is 9.59 Å². The summed E-state index contributed by atoms with van der Waals surface area (Å²) in [4.78, 5) is 31.8. The number of halogens is 1. The van der Waals surface area contributed by atoms with Gasteiger partial charge in [-0.2, -0.15) is 0 Å². The van der Waals surface area contributed by atoms with Crippen LogP contribution >= 0.6 is 15.9 Å². The van der Waals surface area contributed by atoms with Crippen LogP contribution in [0.2, 0.25) is 0 Å². The molecule has 0 saturated carbocycles. The first kappa shape index (κ1) is 29.1. The summed E-state index contributed by atoms with van der Waals surface area (Å²) in [6, 6.07) is 18.7. The van der Waals surface area contributed by atoms with Gasteiger partial charge in [0.15, 0.2) is 12.2 Å². The van der Waals surface area contributed by atoms with Crippen LogP contribution in [-0.2, 0) is 32.5 Å². The molecule has 0 radical (unpaired) electrons. The number of hydrogen-bond acceptors (Lipinski definition) is 7. The number of nitrogens with zero attached hydrogens (tertiary/aromatic N) is 2. The highest BCUT2D eigenvalue weighted by molar-refractivity contribution is 9.10. The maximum Gasteiger partial charge on any atom is 0.254 e. The lowest BCUT2D eigenvalue weighted by atomic mass is 9.92. The van der Waals surface area contributed by atoms with Crippen LogP contribution in [-0.4, -0.2) is 52.0 Å². The first-order valence-corrected chi connectivity index (χ1v) is 15.1. The minimum atomic E-state index is -0.752. The summed E-state index contributed by atoms with van der Waals surface area (Å²) in [6.45, 7) is 4.02. The molecule has 43 heavy (non-hydrogen) atoms. The van der Waals surface area contributed by atoms with Gasteiger partial charge in [-0.1, -0.05) is 28.1 Å². The van der Waals surface area contributed by atoms with Gasteiger partial charge in [0.05, 0.1) is 11.8 Å². The third kappa shape index (κ3) is 6.66. The van der Waals surface area contributed by atoms with Crippen LogP contribution in [0.25, 0.3) is 0 Å². The standard InChI is InChI=1S/C33H33BrN4O5/c1-20-31(43-19-37-20)18-42-28-9-6-22-14-29(35-15-26(22)13-28)30(39)16-36-32(40)24-2-3-25-17-38(11-10-23(25)12-24)33(41)21-4-7-27(34)8-5-21/h2-9,12-13,19,29-30,35,39H,10-11,14-18H2,1H3,(H,36,40)/t29-,30?/m0/s1. The van der Waals surface area contributed by atoms with E-state index in [2.05, 4.69) is 31.5 Å². The molecule has 3 heterocycles. The molecule has 0 fully saturated rings. The second-order valence-corrected chi connectivity index (χ2v) is 11.9. The molecule has 9 nitrogen and oxygen atoms in total. The van der Waals surface area contributed by atoms with E-state index in [9.17, 15) is 14.7 Å². The average molecular weight is 646 g/mol. The molecule has 1 unspecified atom stereocenters. The monoisotopic (exact) mass is 644 g/mol. The third-order valence-corrected chi connectivity index (χ3v) is 8.71. The summed E-state index contributed by atoms with van der Waals surface area (Å²) < 4.78 is 12.1. The zero-order valence-electron chi connectivity index (χ0n) is 23.8. The molecule has 0 saturated heterocycles.